The highest BCUT2D eigenvalue weighted by Crippen LogP contribution is 2.19. The number of amides is 1. The van der Waals surface area contributed by atoms with Crippen molar-refractivity contribution >= 4 is 17.7 Å². The van der Waals surface area contributed by atoms with Crippen molar-refractivity contribution in [2.24, 2.45) is 0 Å². The predicted octanol–water partition coefficient (Wildman–Crippen LogP) is 4.47. The fourth-order valence-electron chi connectivity index (χ4n) is 2.36. The largest absolute Gasteiger partial charge is 0.321 e. The van der Waals surface area contributed by atoms with Crippen molar-refractivity contribution in [2.75, 3.05) is 5.32 Å². The lowest BCUT2D eigenvalue weighted by atomic mass is 9.99. The van der Waals surface area contributed by atoms with E-state index in [0.717, 1.165) is 22.3 Å². The maximum atomic E-state index is 12.3. The number of anilines is 1. The van der Waals surface area contributed by atoms with Gasteiger partial charge in [0, 0.05) is 5.69 Å². The van der Waals surface area contributed by atoms with E-state index in [9.17, 15) is 10.1 Å². The molecule has 116 valence electrons. The standard InChI is InChI=1S/C20H20N2O/c1-13-6-5-7-19(8-13)22-20(23)18(12-21)11-17-10-15(3)14(2)9-16(17)4/h5-11H,1-4H3,(H,22,23)/b18-11+. The number of benzene rings is 2. The normalized spacial score (nSPS) is 11.0. The quantitative estimate of drug-likeness (QED) is 0.672. The second kappa shape index (κ2) is 6.93. The summed E-state index contributed by atoms with van der Waals surface area (Å²) in [6, 6.07) is 13.6. The van der Waals surface area contributed by atoms with Crippen LogP contribution in [0.3, 0.4) is 0 Å². The Labute approximate surface area is 137 Å². The smallest absolute Gasteiger partial charge is 0.266 e. The van der Waals surface area contributed by atoms with E-state index >= 15 is 0 Å². The van der Waals surface area contributed by atoms with Crippen molar-refractivity contribution in [1.29, 1.82) is 5.26 Å². The molecule has 0 aromatic heterocycles. The third-order valence-corrected chi connectivity index (χ3v) is 3.82. The van der Waals surface area contributed by atoms with Crippen LogP contribution in [0.5, 0.6) is 0 Å². The summed E-state index contributed by atoms with van der Waals surface area (Å²) in [7, 11) is 0. The molecule has 0 fully saturated rings. The average Bonchev–Trinajstić information content (AvgIpc) is 2.49. The summed E-state index contributed by atoms with van der Waals surface area (Å²) in [5.74, 6) is -0.393. The monoisotopic (exact) mass is 304 g/mol. The SMILES string of the molecule is Cc1cccc(NC(=O)/C(C#N)=C/c2cc(C)c(C)cc2C)c1. The molecule has 0 saturated heterocycles. The molecule has 0 bridgehead atoms. The van der Waals surface area contributed by atoms with Gasteiger partial charge in [0.2, 0.25) is 0 Å². The first-order valence-corrected chi connectivity index (χ1v) is 7.48. The van der Waals surface area contributed by atoms with E-state index < -0.39 is 5.91 Å². The molecule has 0 spiro atoms. The molecule has 0 aliphatic rings. The van der Waals surface area contributed by atoms with E-state index in [4.69, 9.17) is 0 Å². The minimum Gasteiger partial charge on any atom is -0.321 e. The molecule has 2 aromatic carbocycles. The summed E-state index contributed by atoms with van der Waals surface area (Å²) in [4.78, 5) is 12.3. The van der Waals surface area contributed by atoms with Gasteiger partial charge in [-0.1, -0.05) is 24.3 Å². The number of rotatable bonds is 3. The van der Waals surface area contributed by atoms with E-state index in [1.807, 2.05) is 58.0 Å². The number of carbonyl (C=O) groups excluding carboxylic acids is 1. The minimum atomic E-state index is -0.393. The van der Waals surface area contributed by atoms with E-state index in [1.54, 1.807) is 12.1 Å². The third-order valence-electron chi connectivity index (χ3n) is 3.82. The maximum absolute atomic E-state index is 12.3. The van der Waals surface area contributed by atoms with Crippen LogP contribution in [0.15, 0.2) is 42.0 Å². The van der Waals surface area contributed by atoms with Gasteiger partial charge in [0.25, 0.3) is 5.91 Å². The van der Waals surface area contributed by atoms with Gasteiger partial charge in [-0.05, 0) is 73.7 Å². The zero-order valence-corrected chi connectivity index (χ0v) is 13.9. The molecule has 0 radical (unpaired) electrons. The lowest BCUT2D eigenvalue weighted by molar-refractivity contribution is -0.112. The van der Waals surface area contributed by atoms with Gasteiger partial charge in [-0.2, -0.15) is 5.26 Å². The van der Waals surface area contributed by atoms with Crippen LogP contribution in [0.2, 0.25) is 0 Å². The molecule has 3 nitrogen and oxygen atoms in total. The summed E-state index contributed by atoms with van der Waals surface area (Å²) >= 11 is 0. The Bertz CT molecular complexity index is 826. The fourth-order valence-corrected chi connectivity index (χ4v) is 2.36. The van der Waals surface area contributed by atoms with Crippen molar-refractivity contribution in [1.82, 2.24) is 0 Å². The van der Waals surface area contributed by atoms with Crippen LogP contribution in [0.1, 0.15) is 27.8 Å². The molecule has 0 heterocycles. The van der Waals surface area contributed by atoms with Gasteiger partial charge in [-0.25, -0.2) is 0 Å². The molecule has 2 rings (SSSR count). The zero-order chi connectivity index (χ0) is 17.0. The molecular weight excluding hydrogens is 284 g/mol. The highest BCUT2D eigenvalue weighted by atomic mass is 16.1. The van der Waals surface area contributed by atoms with Crippen LogP contribution in [0, 0.1) is 39.0 Å². The number of aryl methyl sites for hydroxylation is 4. The van der Waals surface area contributed by atoms with Crippen molar-refractivity contribution < 1.29 is 4.79 Å². The summed E-state index contributed by atoms with van der Waals surface area (Å²) < 4.78 is 0. The van der Waals surface area contributed by atoms with Crippen molar-refractivity contribution in [3.8, 4) is 6.07 Å². The van der Waals surface area contributed by atoms with Gasteiger partial charge in [0.15, 0.2) is 0 Å². The number of nitrogens with one attached hydrogen (secondary N) is 1. The van der Waals surface area contributed by atoms with Crippen LogP contribution < -0.4 is 5.32 Å². The number of hydrogen-bond acceptors (Lipinski definition) is 2. The molecule has 0 atom stereocenters. The highest BCUT2D eigenvalue weighted by Gasteiger charge is 2.11. The van der Waals surface area contributed by atoms with E-state index in [-0.39, 0.29) is 5.57 Å². The molecular formula is C20H20N2O. The number of nitriles is 1. The van der Waals surface area contributed by atoms with Gasteiger partial charge in [0.1, 0.15) is 11.6 Å². The summed E-state index contributed by atoms with van der Waals surface area (Å²) in [6.07, 6.45) is 1.65. The van der Waals surface area contributed by atoms with Gasteiger partial charge in [0.05, 0.1) is 0 Å². The lowest BCUT2D eigenvalue weighted by Gasteiger charge is -2.08. The van der Waals surface area contributed by atoms with Crippen molar-refractivity contribution in [2.45, 2.75) is 27.7 Å². The van der Waals surface area contributed by atoms with Crippen LogP contribution in [-0.4, -0.2) is 5.91 Å². The molecule has 0 aliphatic carbocycles. The fraction of sp³-hybridized carbons (Fsp3) is 0.200. The number of hydrogen-bond donors (Lipinski definition) is 1. The summed E-state index contributed by atoms with van der Waals surface area (Å²) in [6.45, 7) is 8.00. The minimum absolute atomic E-state index is 0.0952. The Morgan fingerprint density at radius 3 is 2.39 bits per heavy atom. The van der Waals surface area contributed by atoms with Crippen LogP contribution >= 0.6 is 0 Å². The Morgan fingerprint density at radius 2 is 1.74 bits per heavy atom. The zero-order valence-electron chi connectivity index (χ0n) is 13.9. The van der Waals surface area contributed by atoms with E-state index in [2.05, 4.69) is 11.4 Å². The van der Waals surface area contributed by atoms with Crippen LogP contribution in [-0.2, 0) is 4.79 Å². The van der Waals surface area contributed by atoms with E-state index in [0.29, 0.717) is 5.69 Å². The van der Waals surface area contributed by atoms with Gasteiger partial charge in [-0.15, -0.1) is 0 Å². The molecule has 3 heteroatoms. The Kier molecular flexibility index (Phi) is 4.98. The summed E-state index contributed by atoms with van der Waals surface area (Å²) in [5.41, 5.74) is 6.11. The Morgan fingerprint density at radius 1 is 1.04 bits per heavy atom. The molecule has 0 aliphatic heterocycles. The summed E-state index contributed by atoms with van der Waals surface area (Å²) in [5, 5.41) is 12.1. The Balaban J connectivity index is 2.30. The molecule has 1 N–H and O–H groups in total. The average molecular weight is 304 g/mol. The van der Waals surface area contributed by atoms with Crippen molar-refractivity contribution in [3.63, 3.8) is 0 Å². The molecule has 23 heavy (non-hydrogen) atoms. The van der Waals surface area contributed by atoms with Gasteiger partial charge < -0.3 is 5.32 Å². The molecule has 1 amide bonds. The van der Waals surface area contributed by atoms with E-state index in [1.165, 1.54) is 5.56 Å². The predicted molar refractivity (Wildman–Crippen MR) is 94.1 cm³/mol. The number of carbonyl (C=O) groups is 1. The third kappa shape index (κ3) is 4.08. The first-order chi connectivity index (χ1) is 10.9. The number of nitrogens with zero attached hydrogens (tertiary/aromatic N) is 1. The van der Waals surface area contributed by atoms with Gasteiger partial charge >= 0.3 is 0 Å². The van der Waals surface area contributed by atoms with Gasteiger partial charge in [-0.3, -0.25) is 4.79 Å². The first kappa shape index (κ1) is 16.5. The van der Waals surface area contributed by atoms with Crippen LogP contribution in [0.4, 0.5) is 5.69 Å². The first-order valence-electron chi connectivity index (χ1n) is 7.48. The lowest BCUT2D eigenvalue weighted by Crippen LogP contribution is -2.13. The topological polar surface area (TPSA) is 52.9 Å². The second-order valence-corrected chi connectivity index (χ2v) is 5.79. The second-order valence-electron chi connectivity index (χ2n) is 5.79. The molecule has 0 unspecified atom stereocenters. The highest BCUT2D eigenvalue weighted by molar-refractivity contribution is 6.09. The molecule has 2 aromatic rings. The molecule has 0 saturated carbocycles. The maximum Gasteiger partial charge on any atom is 0.266 e. The Hall–Kier alpha value is -2.86. The van der Waals surface area contributed by atoms with Crippen LogP contribution in [0.25, 0.3) is 6.08 Å². The van der Waals surface area contributed by atoms with Crippen molar-refractivity contribution in [3.05, 3.63) is 69.8 Å².